The van der Waals surface area contributed by atoms with Crippen LogP contribution in [-0.4, -0.2) is 35.6 Å². The van der Waals surface area contributed by atoms with Crippen molar-refractivity contribution in [1.82, 2.24) is 10.2 Å². The van der Waals surface area contributed by atoms with Gasteiger partial charge in [0.2, 0.25) is 0 Å². The second-order valence-electron chi connectivity index (χ2n) is 4.34. The third-order valence-corrected chi connectivity index (χ3v) is 2.72. The summed E-state index contributed by atoms with van der Waals surface area (Å²) in [6.45, 7) is 6.77. The molecule has 14 heavy (non-hydrogen) atoms. The van der Waals surface area contributed by atoms with E-state index in [0.29, 0.717) is 0 Å². The molecule has 3 N–H and O–H groups in total. The first-order chi connectivity index (χ1) is 6.52. The molecule has 82 valence electrons. The third-order valence-electron chi connectivity index (χ3n) is 2.72. The Morgan fingerprint density at radius 3 is 2.79 bits per heavy atom. The van der Waals surface area contributed by atoms with Gasteiger partial charge in [-0.15, -0.1) is 0 Å². The molecule has 0 aromatic heterocycles. The van der Waals surface area contributed by atoms with Gasteiger partial charge in [-0.3, -0.25) is 0 Å². The van der Waals surface area contributed by atoms with Gasteiger partial charge in [0.25, 0.3) is 0 Å². The second-order valence-corrected chi connectivity index (χ2v) is 4.34. The lowest BCUT2D eigenvalue weighted by Crippen LogP contribution is -2.56. The lowest BCUT2D eigenvalue weighted by atomic mass is 9.99. The van der Waals surface area contributed by atoms with Gasteiger partial charge in [0.1, 0.15) is 0 Å². The fourth-order valence-corrected chi connectivity index (χ4v) is 1.79. The minimum Gasteiger partial charge on any atom is -0.336 e. The fourth-order valence-electron chi connectivity index (χ4n) is 1.79. The van der Waals surface area contributed by atoms with Gasteiger partial charge in [-0.05, 0) is 33.6 Å². The smallest absolute Gasteiger partial charge is 0.317 e. The van der Waals surface area contributed by atoms with E-state index in [4.69, 9.17) is 5.73 Å². The topological polar surface area (TPSA) is 58.4 Å². The monoisotopic (exact) mass is 199 g/mol. The van der Waals surface area contributed by atoms with E-state index in [9.17, 15) is 4.79 Å². The number of nitrogens with one attached hydrogen (secondary N) is 1. The van der Waals surface area contributed by atoms with Crippen LogP contribution >= 0.6 is 0 Å². The number of nitrogens with two attached hydrogens (primary N) is 1. The molecule has 0 saturated carbocycles. The van der Waals surface area contributed by atoms with Crippen LogP contribution in [0.4, 0.5) is 4.79 Å². The average molecular weight is 199 g/mol. The van der Waals surface area contributed by atoms with Crippen molar-refractivity contribution in [2.75, 3.05) is 6.54 Å². The van der Waals surface area contributed by atoms with Crippen molar-refractivity contribution in [1.29, 1.82) is 0 Å². The van der Waals surface area contributed by atoms with Crippen LogP contribution in [0.1, 0.15) is 33.6 Å². The van der Waals surface area contributed by atoms with Gasteiger partial charge in [-0.1, -0.05) is 0 Å². The molecule has 2 atom stereocenters. The highest BCUT2D eigenvalue weighted by Crippen LogP contribution is 2.15. The zero-order chi connectivity index (χ0) is 10.7. The van der Waals surface area contributed by atoms with E-state index in [1.165, 1.54) is 0 Å². The van der Waals surface area contributed by atoms with Gasteiger partial charge in [0.15, 0.2) is 0 Å². The number of piperidine rings is 1. The van der Waals surface area contributed by atoms with Crippen LogP contribution in [0.15, 0.2) is 0 Å². The Balaban J connectivity index is 2.53. The average Bonchev–Trinajstić information content (AvgIpc) is 2.08. The molecule has 4 nitrogen and oxygen atoms in total. The fraction of sp³-hybridized carbons (Fsp3) is 0.900. The molecule has 2 unspecified atom stereocenters. The van der Waals surface area contributed by atoms with Crippen LogP contribution in [0.2, 0.25) is 0 Å². The maximum atomic E-state index is 11.7. The van der Waals surface area contributed by atoms with E-state index in [-0.39, 0.29) is 24.2 Å². The van der Waals surface area contributed by atoms with E-state index in [2.05, 4.69) is 5.32 Å². The maximum absolute atomic E-state index is 11.7. The van der Waals surface area contributed by atoms with Crippen LogP contribution in [-0.2, 0) is 0 Å². The Hall–Kier alpha value is -0.770. The van der Waals surface area contributed by atoms with E-state index < -0.39 is 0 Å². The van der Waals surface area contributed by atoms with Gasteiger partial charge in [0, 0.05) is 24.7 Å². The zero-order valence-corrected chi connectivity index (χ0v) is 9.29. The summed E-state index contributed by atoms with van der Waals surface area (Å²) in [5.41, 5.74) is 5.92. The number of likely N-dealkylation sites (tertiary alicyclic amines) is 1. The number of rotatable bonds is 1. The summed E-state index contributed by atoms with van der Waals surface area (Å²) in [5.74, 6) is 0. The highest BCUT2D eigenvalue weighted by atomic mass is 16.2. The SMILES string of the molecule is CC(C)NC(=O)N1CCCC(N)C1C. The molecule has 0 spiro atoms. The molecule has 1 aliphatic heterocycles. The molecule has 1 aliphatic rings. The Labute approximate surface area is 85.8 Å². The Bertz CT molecular complexity index is 206. The molecular formula is C10H21N3O. The van der Waals surface area contributed by atoms with E-state index >= 15 is 0 Å². The molecular weight excluding hydrogens is 178 g/mol. The van der Waals surface area contributed by atoms with Crippen LogP contribution in [0.5, 0.6) is 0 Å². The maximum Gasteiger partial charge on any atom is 0.317 e. The van der Waals surface area contributed by atoms with E-state index in [0.717, 1.165) is 19.4 Å². The van der Waals surface area contributed by atoms with E-state index in [1.54, 1.807) is 0 Å². The van der Waals surface area contributed by atoms with Gasteiger partial charge in [-0.2, -0.15) is 0 Å². The first-order valence-corrected chi connectivity index (χ1v) is 5.35. The van der Waals surface area contributed by atoms with Gasteiger partial charge >= 0.3 is 6.03 Å². The van der Waals surface area contributed by atoms with Crippen LogP contribution in [0.3, 0.4) is 0 Å². The highest BCUT2D eigenvalue weighted by Gasteiger charge is 2.28. The van der Waals surface area contributed by atoms with Crippen LogP contribution in [0.25, 0.3) is 0 Å². The summed E-state index contributed by atoms with van der Waals surface area (Å²) in [4.78, 5) is 13.6. The summed E-state index contributed by atoms with van der Waals surface area (Å²) in [5, 5.41) is 2.89. The van der Waals surface area contributed by atoms with Crippen LogP contribution in [0, 0.1) is 0 Å². The molecule has 0 aromatic carbocycles. The lowest BCUT2D eigenvalue weighted by molar-refractivity contribution is 0.145. The molecule has 1 saturated heterocycles. The standard InChI is InChI=1S/C10H21N3O/c1-7(2)12-10(14)13-6-4-5-9(11)8(13)3/h7-9H,4-6,11H2,1-3H3,(H,12,14). The van der Waals surface area contributed by atoms with Gasteiger partial charge in [-0.25, -0.2) is 4.79 Å². The highest BCUT2D eigenvalue weighted by molar-refractivity contribution is 5.75. The normalized spacial score (nSPS) is 27.9. The molecule has 0 aromatic rings. The summed E-state index contributed by atoms with van der Waals surface area (Å²) in [6, 6.07) is 0.486. The molecule has 2 amide bonds. The first-order valence-electron chi connectivity index (χ1n) is 5.35. The number of hydrogen-bond donors (Lipinski definition) is 2. The van der Waals surface area contributed by atoms with Crippen molar-refractivity contribution in [3.05, 3.63) is 0 Å². The Morgan fingerprint density at radius 2 is 2.21 bits per heavy atom. The number of hydrogen-bond acceptors (Lipinski definition) is 2. The summed E-state index contributed by atoms with van der Waals surface area (Å²) in [7, 11) is 0. The third kappa shape index (κ3) is 2.61. The largest absolute Gasteiger partial charge is 0.336 e. The van der Waals surface area contributed by atoms with Crippen LogP contribution < -0.4 is 11.1 Å². The minimum atomic E-state index is 0.0163. The molecule has 1 rings (SSSR count). The van der Waals surface area contributed by atoms with Crippen molar-refractivity contribution in [2.45, 2.75) is 51.7 Å². The molecule has 1 heterocycles. The Morgan fingerprint density at radius 1 is 1.57 bits per heavy atom. The summed E-state index contributed by atoms with van der Waals surface area (Å²) >= 11 is 0. The van der Waals surface area contributed by atoms with Crippen molar-refractivity contribution in [3.8, 4) is 0 Å². The first kappa shape index (κ1) is 11.3. The molecule has 4 heteroatoms. The molecule has 1 fully saturated rings. The predicted molar refractivity (Wildman–Crippen MR) is 57.0 cm³/mol. The molecule has 0 bridgehead atoms. The van der Waals surface area contributed by atoms with Gasteiger partial charge < -0.3 is 16.0 Å². The number of urea groups is 1. The van der Waals surface area contributed by atoms with Gasteiger partial charge in [0.05, 0.1) is 0 Å². The quantitative estimate of drug-likeness (QED) is 0.659. The molecule has 0 aliphatic carbocycles. The second kappa shape index (κ2) is 4.64. The van der Waals surface area contributed by atoms with Crippen molar-refractivity contribution in [2.24, 2.45) is 5.73 Å². The van der Waals surface area contributed by atoms with Crippen molar-refractivity contribution < 1.29 is 4.79 Å². The van der Waals surface area contributed by atoms with Crippen molar-refractivity contribution in [3.63, 3.8) is 0 Å². The Kier molecular flexibility index (Phi) is 3.75. The summed E-state index contributed by atoms with van der Waals surface area (Å²) < 4.78 is 0. The lowest BCUT2D eigenvalue weighted by Gasteiger charge is -2.37. The zero-order valence-electron chi connectivity index (χ0n) is 9.29. The van der Waals surface area contributed by atoms with E-state index in [1.807, 2.05) is 25.7 Å². The minimum absolute atomic E-state index is 0.0163. The number of amides is 2. The van der Waals surface area contributed by atoms with Crippen molar-refractivity contribution >= 4 is 6.03 Å². The number of carbonyl (C=O) groups is 1. The number of nitrogens with zero attached hydrogens (tertiary/aromatic N) is 1. The summed E-state index contributed by atoms with van der Waals surface area (Å²) in [6.07, 6.45) is 2.03. The predicted octanol–water partition coefficient (Wildman–Crippen LogP) is 0.916. The molecule has 0 radical (unpaired) electrons. The number of carbonyl (C=O) groups excluding carboxylic acids is 1.